The van der Waals surface area contributed by atoms with Gasteiger partial charge >= 0.3 is 0 Å². The monoisotopic (exact) mass is 408 g/mol. The molecule has 0 aliphatic rings. The molecule has 0 spiro atoms. The molecule has 148 valence electrons. The van der Waals surface area contributed by atoms with Crippen LogP contribution in [0.15, 0.2) is 83.8 Å². The summed E-state index contributed by atoms with van der Waals surface area (Å²) >= 11 is 0. The normalized spacial score (nSPS) is 10.9. The predicted octanol–water partition coefficient (Wildman–Crippen LogP) is 3.13. The third-order valence-corrected chi connectivity index (χ3v) is 5.32. The first-order chi connectivity index (χ1) is 13.8. The predicted molar refractivity (Wildman–Crippen MR) is 112 cm³/mol. The molecule has 0 unspecified atom stereocenters. The van der Waals surface area contributed by atoms with Crippen LogP contribution < -0.4 is 10.6 Å². The zero-order valence-electron chi connectivity index (χ0n) is 15.8. The Morgan fingerprint density at radius 2 is 1.48 bits per heavy atom. The van der Waals surface area contributed by atoms with Gasteiger partial charge in [-0.15, -0.1) is 0 Å². The lowest BCUT2D eigenvalue weighted by Gasteiger charge is -2.09. The smallest absolute Gasteiger partial charge is 0.251 e. The van der Waals surface area contributed by atoms with Crippen LogP contribution in [0, 0.1) is 0 Å². The van der Waals surface area contributed by atoms with E-state index in [4.69, 9.17) is 0 Å². The minimum absolute atomic E-state index is 0.109. The van der Waals surface area contributed by atoms with Crippen molar-refractivity contribution >= 4 is 27.3 Å². The number of nitrogens with one attached hydrogen (secondary N) is 2. The molecule has 0 atom stereocenters. The van der Waals surface area contributed by atoms with Gasteiger partial charge in [-0.25, -0.2) is 8.42 Å². The van der Waals surface area contributed by atoms with Crippen LogP contribution in [0.25, 0.3) is 11.1 Å². The van der Waals surface area contributed by atoms with Crippen LogP contribution in [-0.4, -0.2) is 33.0 Å². The van der Waals surface area contributed by atoms with Gasteiger partial charge in [0.15, 0.2) is 9.84 Å². The molecule has 0 aliphatic heterocycles. The van der Waals surface area contributed by atoms with Gasteiger partial charge in [-0.3, -0.25) is 9.59 Å². The number of carbonyl (C=O) groups excluding carboxylic acids is 2. The maximum atomic E-state index is 12.3. The summed E-state index contributed by atoms with van der Waals surface area (Å²) in [4.78, 5) is 24.4. The SMILES string of the molecule is CS(=O)(=O)c1cccc(NC(=O)CNC(=O)c2ccc(-c3ccccc3)cc2)c1. The van der Waals surface area contributed by atoms with Crippen molar-refractivity contribution in [2.45, 2.75) is 4.90 Å². The third-order valence-electron chi connectivity index (χ3n) is 4.21. The number of rotatable bonds is 6. The zero-order chi connectivity index (χ0) is 20.9. The number of sulfone groups is 1. The average molecular weight is 408 g/mol. The summed E-state index contributed by atoms with van der Waals surface area (Å²) < 4.78 is 23.2. The van der Waals surface area contributed by atoms with Gasteiger partial charge in [0.05, 0.1) is 11.4 Å². The van der Waals surface area contributed by atoms with E-state index in [2.05, 4.69) is 10.6 Å². The van der Waals surface area contributed by atoms with E-state index < -0.39 is 15.7 Å². The van der Waals surface area contributed by atoms with Crippen molar-refractivity contribution in [2.24, 2.45) is 0 Å². The van der Waals surface area contributed by atoms with Crippen molar-refractivity contribution in [1.29, 1.82) is 0 Å². The van der Waals surface area contributed by atoms with Crippen molar-refractivity contribution in [3.05, 3.63) is 84.4 Å². The molecular formula is C22H20N2O4S. The Bertz CT molecular complexity index is 1120. The number of carbonyl (C=O) groups is 2. The average Bonchev–Trinajstić information content (AvgIpc) is 2.72. The molecule has 0 fully saturated rings. The molecule has 3 rings (SSSR count). The molecule has 6 nitrogen and oxygen atoms in total. The highest BCUT2D eigenvalue weighted by molar-refractivity contribution is 7.90. The highest BCUT2D eigenvalue weighted by atomic mass is 32.2. The fraction of sp³-hybridized carbons (Fsp3) is 0.0909. The van der Waals surface area contributed by atoms with Gasteiger partial charge in [0, 0.05) is 17.5 Å². The first-order valence-corrected chi connectivity index (χ1v) is 10.8. The third kappa shape index (κ3) is 5.52. The molecule has 0 saturated heterocycles. The fourth-order valence-electron chi connectivity index (χ4n) is 2.72. The van der Waals surface area contributed by atoms with Crippen molar-refractivity contribution in [3.63, 3.8) is 0 Å². The molecule has 2 amide bonds. The molecule has 0 saturated carbocycles. The molecule has 7 heteroatoms. The Labute approximate surface area is 169 Å². The second kappa shape index (κ2) is 8.70. The second-order valence-electron chi connectivity index (χ2n) is 6.47. The molecule has 2 N–H and O–H groups in total. The van der Waals surface area contributed by atoms with Gasteiger partial charge in [0.1, 0.15) is 0 Å². The Kier molecular flexibility index (Phi) is 6.09. The Morgan fingerprint density at radius 3 is 2.14 bits per heavy atom. The molecule has 0 bridgehead atoms. The number of anilines is 1. The van der Waals surface area contributed by atoms with Crippen LogP contribution in [0.4, 0.5) is 5.69 Å². The van der Waals surface area contributed by atoms with Gasteiger partial charge in [0.25, 0.3) is 5.91 Å². The molecule has 0 heterocycles. The van der Waals surface area contributed by atoms with Gasteiger partial charge in [-0.2, -0.15) is 0 Å². The lowest BCUT2D eigenvalue weighted by molar-refractivity contribution is -0.115. The molecule has 0 aliphatic carbocycles. The van der Waals surface area contributed by atoms with Crippen LogP contribution in [0.5, 0.6) is 0 Å². The highest BCUT2D eigenvalue weighted by Gasteiger charge is 2.11. The topological polar surface area (TPSA) is 92.3 Å². The van der Waals surface area contributed by atoms with Crippen LogP contribution in [0.1, 0.15) is 10.4 Å². The van der Waals surface area contributed by atoms with Crippen molar-refractivity contribution < 1.29 is 18.0 Å². The molecular weight excluding hydrogens is 388 g/mol. The molecule has 0 radical (unpaired) electrons. The summed E-state index contributed by atoms with van der Waals surface area (Å²) in [6.07, 6.45) is 1.09. The van der Waals surface area contributed by atoms with Gasteiger partial charge < -0.3 is 10.6 Å². The molecule has 3 aromatic rings. The van der Waals surface area contributed by atoms with Crippen molar-refractivity contribution in [1.82, 2.24) is 5.32 Å². The summed E-state index contributed by atoms with van der Waals surface area (Å²) in [6, 6.07) is 22.8. The highest BCUT2D eigenvalue weighted by Crippen LogP contribution is 2.19. The van der Waals surface area contributed by atoms with Crippen LogP contribution in [0.2, 0.25) is 0 Å². The van der Waals surface area contributed by atoms with E-state index in [1.807, 2.05) is 42.5 Å². The van der Waals surface area contributed by atoms with E-state index in [9.17, 15) is 18.0 Å². The van der Waals surface area contributed by atoms with E-state index in [0.29, 0.717) is 11.3 Å². The standard InChI is InChI=1S/C22H20N2O4S/c1-29(27,28)20-9-5-8-19(14-20)24-21(25)15-23-22(26)18-12-10-17(11-13-18)16-6-3-2-4-7-16/h2-14H,15H2,1H3,(H,23,26)(H,24,25). The number of benzene rings is 3. The molecule has 3 aromatic carbocycles. The van der Waals surface area contributed by atoms with Crippen molar-refractivity contribution in [3.8, 4) is 11.1 Å². The maximum Gasteiger partial charge on any atom is 0.251 e. The summed E-state index contributed by atoms with van der Waals surface area (Å²) in [5.74, 6) is -0.824. The second-order valence-corrected chi connectivity index (χ2v) is 8.49. The van der Waals surface area contributed by atoms with E-state index in [-0.39, 0.29) is 17.3 Å². The van der Waals surface area contributed by atoms with Gasteiger partial charge in [0.2, 0.25) is 5.91 Å². The zero-order valence-corrected chi connectivity index (χ0v) is 16.6. The largest absolute Gasteiger partial charge is 0.343 e. The molecule has 0 aromatic heterocycles. The Hall–Kier alpha value is -3.45. The Balaban J connectivity index is 1.57. The minimum Gasteiger partial charge on any atom is -0.343 e. The maximum absolute atomic E-state index is 12.3. The van der Waals surface area contributed by atoms with E-state index in [1.54, 1.807) is 24.3 Å². The van der Waals surface area contributed by atoms with Crippen LogP contribution >= 0.6 is 0 Å². The Morgan fingerprint density at radius 1 is 0.828 bits per heavy atom. The quantitative estimate of drug-likeness (QED) is 0.655. The summed E-state index contributed by atoms with van der Waals surface area (Å²) in [5.41, 5.74) is 2.83. The number of hydrogen-bond acceptors (Lipinski definition) is 4. The van der Waals surface area contributed by atoms with Crippen molar-refractivity contribution in [2.75, 3.05) is 18.1 Å². The van der Waals surface area contributed by atoms with E-state index in [1.165, 1.54) is 12.1 Å². The number of amides is 2. The van der Waals surface area contributed by atoms with E-state index >= 15 is 0 Å². The lowest BCUT2D eigenvalue weighted by atomic mass is 10.0. The lowest BCUT2D eigenvalue weighted by Crippen LogP contribution is -2.32. The summed E-state index contributed by atoms with van der Waals surface area (Å²) in [5, 5.41) is 5.13. The van der Waals surface area contributed by atoms with E-state index in [0.717, 1.165) is 17.4 Å². The van der Waals surface area contributed by atoms with Crippen LogP contribution in [-0.2, 0) is 14.6 Å². The first kappa shape index (κ1) is 20.3. The summed E-state index contributed by atoms with van der Waals surface area (Å²) in [7, 11) is -3.37. The van der Waals surface area contributed by atoms with Crippen LogP contribution in [0.3, 0.4) is 0 Å². The first-order valence-electron chi connectivity index (χ1n) is 8.86. The number of hydrogen-bond donors (Lipinski definition) is 2. The fourth-order valence-corrected chi connectivity index (χ4v) is 3.38. The van der Waals surface area contributed by atoms with Gasteiger partial charge in [-0.05, 0) is 41.5 Å². The minimum atomic E-state index is -3.37. The molecule has 29 heavy (non-hydrogen) atoms. The van der Waals surface area contributed by atoms with Gasteiger partial charge in [-0.1, -0.05) is 48.5 Å². The summed E-state index contributed by atoms with van der Waals surface area (Å²) in [6.45, 7) is -0.234.